The monoisotopic (exact) mass is 351 g/mol. The Hall–Kier alpha value is -0.123. The fourth-order valence-corrected chi connectivity index (χ4v) is 4.97. The molecule has 8 heteroatoms. The molecule has 1 unspecified atom stereocenters. The highest BCUT2D eigenvalue weighted by atomic mass is 32.2. The number of hydrogen-bond donors (Lipinski definition) is 0. The second-order valence-corrected chi connectivity index (χ2v) is 9.62. The molecule has 1 aliphatic rings. The van der Waals surface area contributed by atoms with E-state index in [2.05, 4.69) is 4.90 Å². The molecule has 0 amide bonds. The minimum Gasteiger partial charge on any atom is -0.464 e. The van der Waals surface area contributed by atoms with Gasteiger partial charge in [-0.3, -0.25) is 9.69 Å². The van der Waals surface area contributed by atoms with Gasteiger partial charge in [-0.05, 0) is 12.2 Å². The van der Waals surface area contributed by atoms with E-state index in [9.17, 15) is 4.79 Å². The molecule has 0 aromatic carbocycles. The Morgan fingerprint density at radius 3 is 2.41 bits per heavy atom. The van der Waals surface area contributed by atoms with Crippen LogP contribution < -0.4 is 0 Å². The van der Waals surface area contributed by atoms with E-state index in [0.29, 0.717) is 6.61 Å². The third kappa shape index (κ3) is 7.43. The molecule has 0 N–H and O–H groups in total. The van der Waals surface area contributed by atoms with Gasteiger partial charge in [-0.2, -0.15) is 11.8 Å². The lowest BCUT2D eigenvalue weighted by Crippen LogP contribution is -2.42. The molecule has 0 saturated carbocycles. The van der Waals surface area contributed by atoms with Crippen LogP contribution in [0.5, 0.6) is 0 Å². The van der Waals surface area contributed by atoms with Gasteiger partial charge < -0.3 is 18.0 Å². The van der Waals surface area contributed by atoms with Crippen LogP contribution in [0.25, 0.3) is 0 Å². The lowest BCUT2D eigenvalue weighted by molar-refractivity contribution is -0.147. The van der Waals surface area contributed by atoms with Gasteiger partial charge in [-0.15, -0.1) is 0 Å². The third-order valence-corrected chi connectivity index (χ3v) is 7.81. The largest absolute Gasteiger partial charge is 0.500 e. The number of thioether (sulfide) groups is 1. The first kappa shape index (κ1) is 19.9. The van der Waals surface area contributed by atoms with Crippen molar-refractivity contribution in [2.45, 2.75) is 19.4 Å². The minimum absolute atomic E-state index is 0.0616. The molecule has 130 valence electrons. The van der Waals surface area contributed by atoms with E-state index >= 15 is 0 Å². The number of carbonyl (C=O) groups excluding carboxylic acids is 1. The number of nitrogens with zero attached hydrogens (tertiary/aromatic N) is 1. The Morgan fingerprint density at radius 2 is 1.86 bits per heavy atom. The first-order chi connectivity index (χ1) is 10.6. The fraction of sp³-hybridized carbons (Fsp3) is 0.929. The van der Waals surface area contributed by atoms with Crippen molar-refractivity contribution < 1.29 is 22.8 Å². The minimum atomic E-state index is -2.45. The molecule has 0 aromatic heterocycles. The fourth-order valence-electron chi connectivity index (χ4n) is 1.99. The second kappa shape index (κ2) is 10.6. The predicted octanol–water partition coefficient (Wildman–Crippen LogP) is 1.48. The smallest absolute Gasteiger partial charge is 0.464 e. The highest BCUT2D eigenvalue weighted by Crippen LogP contribution is 2.18. The zero-order valence-corrected chi connectivity index (χ0v) is 15.9. The zero-order chi connectivity index (χ0) is 16.4. The van der Waals surface area contributed by atoms with Gasteiger partial charge in [0.05, 0.1) is 5.92 Å². The third-order valence-electron chi connectivity index (χ3n) is 3.67. The van der Waals surface area contributed by atoms with E-state index in [0.717, 1.165) is 43.6 Å². The van der Waals surface area contributed by atoms with Crippen LogP contribution in [-0.4, -0.2) is 78.7 Å². The molecule has 0 bridgehead atoms. The molecule has 6 nitrogen and oxygen atoms in total. The van der Waals surface area contributed by atoms with E-state index in [-0.39, 0.29) is 11.9 Å². The van der Waals surface area contributed by atoms with E-state index in [1.54, 1.807) is 33.1 Å². The van der Waals surface area contributed by atoms with Crippen LogP contribution in [0.15, 0.2) is 0 Å². The standard InChI is InChI=1S/C14H29NO5SSi/c1-13(14(16)20-9-8-15-6-7-15)12-21-10-5-11-22(17-2,18-3)19-4/h13H,5-12H2,1-4H3. The molecule has 1 rings (SSSR count). The summed E-state index contributed by atoms with van der Waals surface area (Å²) in [7, 11) is 2.43. The van der Waals surface area contributed by atoms with Gasteiger partial charge in [0.15, 0.2) is 0 Å². The van der Waals surface area contributed by atoms with E-state index < -0.39 is 8.80 Å². The SMILES string of the molecule is CO[Si](CCCSCC(C)C(=O)OCCN1CC1)(OC)OC. The van der Waals surface area contributed by atoms with Crippen molar-refractivity contribution in [2.75, 3.05) is 59.1 Å². The number of carbonyl (C=O) groups is 1. The van der Waals surface area contributed by atoms with Crippen molar-refractivity contribution >= 4 is 26.5 Å². The molecular weight excluding hydrogens is 322 g/mol. The average Bonchev–Trinajstić information content (AvgIpc) is 3.35. The second-order valence-electron chi connectivity index (χ2n) is 5.38. The molecule has 1 fully saturated rings. The average molecular weight is 352 g/mol. The Balaban J connectivity index is 2.05. The van der Waals surface area contributed by atoms with Crippen LogP contribution >= 0.6 is 11.8 Å². The highest BCUT2D eigenvalue weighted by Gasteiger charge is 2.36. The summed E-state index contributed by atoms with van der Waals surface area (Å²) >= 11 is 1.76. The number of hydrogen-bond acceptors (Lipinski definition) is 7. The van der Waals surface area contributed by atoms with Gasteiger partial charge >= 0.3 is 14.8 Å². The zero-order valence-electron chi connectivity index (χ0n) is 14.1. The molecule has 22 heavy (non-hydrogen) atoms. The van der Waals surface area contributed by atoms with Crippen molar-refractivity contribution in [2.24, 2.45) is 5.92 Å². The van der Waals surface area contributed by atoms with Crippen LogP contribution in [0, 0.1) is 5.92 Å². The maximum atomic E-state index is 11.8. The molecule has 1 aliphatic heterocycles. The van der Waals surface area contributed by atoms with Crippen LogP contribution in [0.4, 0.5) is 0 Å². The van der Waals surface area contributed by atoms with Crippen LogP contribution in [0.1, 0.15) is 13.3 Å². The maximum absolute atomic E-state index is 11.8. The molecule has 1 heterocycles. The first-order valence-electron chi connectivity index (χ1n) is 7.69. The van der Waals surface area contributed by atoms with Crippen molar-refractivity contribution in [3.05, 3.63) is 0 Å². The van der Waals surface area contributed by atoms with E-state index in [1.165, 1.54) is 0 Å². The number of esters is 1. The summed E-state index contributed by atoms with van der Waals surface area (Å²) in [6.45, 7) is 5.57. The van der Waals surface area contributed by atoms with Gasteiger partial charge in [0, 0.05) is 52.8 Å². The Morgan fingerprint density at radius 1 is 1.23 bits per heavy atom. The summed E-state index contributed by atoms with van der Waals surface area (Å²) in [4.78, 5) is 14.0. The molecule has 1 saturated heterocycles. The Labute approximate surface area is 139 Å². The van der Waals surface area contributed by atoms with Gasteiger partial charge in [-0.25, -0.2) is 0 Å². The molecule has 0 radical (unpaired) electrons. The lowest BCUT2D eigenvalue weighted by Gasteiger charge is -2.24. The molecular formula is C14H29NO5SSi. The number of ether oxygens (including phenoxy) is 1. The van der Waals surface area contributed by atoms with Gasteiger partial charge in [0.2, 0.25) is 0 Å². The van der Waals surface area contributed by atoms with Gasteiger partial charge in [-0.1, -0.05) is 6.92 Å². The summed E-state index contributed by atoms with van der Waals surface area (Å²) in [5.74, 6) is 1.58. The highest BCUT2D eigenvalue weighted by molar-refractivity contribution is 7.99. The van der Waals surface area contributed by atoms with Crippen LogP contribution in [-0.2, 0) is 22.8 Å². The molecule has 0 aromatic rings. The van der Waals surface area contributed by atoms with Crippen LogP contribution in [0.3, 0.4) is 0 Å². The first-order valence-corrected chi connectivity index (χ1v) is 10.8. The summed E-state index contributed by atoms with van der Waals surface area (Å²) in [5, 5.41) is 0. The van der Waals surface area contributed by atoms with Gasteiger partial charge in [0.1, 0.15) is 6.61 Å². The summed E-state index contributed by atoms with van der Waals surface area (Å²) in [6, 6.07) is 0.790. The predicted molar refractivity (Wildman–Crippen MR) is 90.1 cm³/mol. The molecule has 1 atom stereocenters. The van der Waals surface area contributed by atoms with Crippen LogP contribution in [0.2, 0.25) is 6.04 Å². The van der Waals surface area contributed by atoms with E-state index in [4.69, 9.17) is 18.0 Å². The van der Waals surface area contributed by atoms with Crippen molar-refractivity contribution in [3.8, 4) is 0 Å². The summed E-state index contributed by atoms with van der Waals surface area (Å²) in [5.41, 5.74) is 0. The molecule has 0 spiro atoms. The van der Waals surface area contributed by atoms with E-state index in [1.807, 2.05) is 6.92 Å². The normalized spacial score (nSPS) is 16.5. The Bertz CT molecular complexity index is 318. The maximum Gasteiger partial charge on any atom is 0.500 e. The van der Waals surface area contributed by atoms with Crippen molar-refractivity contribution in [1.82, 2.24) is 4.90 Å². The van der Waals surface area contributed by atoms with Crippen molar-refractivity contribution in [3.63, 3.8) is 0 Å². The number of rotatable bonds is 13. The lowest BCUT2D eigenvalue weighted by atomic mass is 10.2. The topological polar surface area (TPSA) is 57.0 Å². The van der Waals surface area contributed by atoms with Gasteiger partial charge in [0.25, 0.3) is 0 Å². The summed E-state index contributed by atoms with van der Waals surface area (Å²) in [6.07, 6.45) is 0.948. The summed E-state index contributed by atoms with van der Waals surface area (Å²) < 4.78 is 21.4. The quantitative estimate of drug-likeness (QED) is 0.216. The van der Waals surface area contributed by atoms with Crippen molar-refractivity contribution in [1.29, 1.82) is 0 Å². The Kier molecular flexibility index (Phi) is 9.61. The molecule has 0 aliphatic carbocycles.